The number of amides is 1. The third kappa shape index (κ3) is 4.24. The van der Waals surface area contributed by atoms with E-state index in [9.17, 15) is 4.79 Å². The highest BCUT2D eigenvalue weighted by Crippen LogP contribution is 2.15. The zero-order valence-electron chi connectivity index (χ0n) is 13.6. The zero-order valence-corrected chi connectivity index (χ0v) is 13.6. The highest BCUT2D eigenvalue weighted by Gasteiger charge is 2.03. The van der Waals surface area contributed by atoms with Crippen molar-refractivity contribution in [2.45, 2.75) is 25.9 Å². The molecule has 4 nitrogen and oxygen atoms in total. The number of H-pyrrole nitrogens is 1. The van der Waals surface area contributed by atoms with Crippen LogP contribution in [-0.2, 0) is 24.2 Å². The number of carbonyl (C=O) groups is 1. The molecule has 124 valence electrons. The molecule has 0 bridgehead atoms. The summed E-state index contributed by atoms with van der Waals surface area (Å²) in [5, 5.41) is 13.2. The van der Waals surface area contributed by atoms with Crippen LogP contribution in [0.15, 0.2) is 54.7 Å². The number of fused-ring (bicyclic) bond motifs is 1. The van der Waals surface area contributed by atoms with Gasteiger partial charge in [-0.3, -0.25) is 4.79 Å². The second-order valence-electron chi connectivity index (χ2n) is 5.97. The first-order valence-electron chi connectivity index (χ1n) is 8.26. The van der Waals surface area contributed by atoms with E-state index in [1.807, 2.05) is 36.5 Å². The Morgan fingerprint density at radius 2 is 1.71 bits per heavy atom. The lowest BCUT2D eigenvalue weighted by molar-refractivity contribution is -0.121. The fourth-order valence-corrected chi connectivity index (χ4v) is 2.76. The van der Waals surface area contributed by atoms with Crippen molar-refractivity contribution in [2.75, 3.05) is 6.54 Å². The van der Waals surface area contributed by atoms with Crippen LogP contribution in [0, 0.1) is 0 Å². The topological polar surface area (TPSA) is 65.1 Å². The highest BCUT2D eigenvalue weighted by molar-refractivity contribution is 5.80. The van der Waals surface area contributed by atoms with Crippen molar-refractivity contribution in [2.24, 2.45) is 0 Å². The molecular formula is C20H22N2O2. The molecule has 0 unspecified atom stereocenters. The lowest BCUT2D eigenvalue weighted by Crippen LogP contribution is -2.25. The van der Waals surface area contributed by atoms with E-state index < -0.39 is 0 Å². The number of benzene rings is 2. The number of hydrogen-bond donors (Lipinski definition) is 3. The average Bonchev–Trinajstić information content (AvgIpc) is 3.08. The van der Waals surface area contributed by atoms with E-state index in [0.717, 1.165) is 29.5 Å². The Balaban J connectivity index is 1.41. The van der Waals surface area contributed by atoms with E-state index in [4.69, 9.17) is 5.11 Å². The Morgan fingerprint density at radius 1 is 0.958 bits per heavy atom. The molecular weight excluding hydrogens is 300 g/mol. The third-order valence-electron chi connectivity index (χ3n) is 4.20. The van der Waals surface area contributed by atoms with Gasteiger partial charge in [-0.05, 0) is 53.1 Å². The molecule has 1 aromatic heterocycles. The van der Waals surface area contributed by atoms with Crippen LogP contribution < -0.4 is 5.32 Å². The number of carbonyl (C=O) groups excluding carboxylic acids is 1. The van der Waals surface area contributed by atoms with E-state index >= 15 is 0 Å². The number of aliphatic hydroxyl groups is 1. The minimum atomic E-state index is 0.0611. The molecule has 0 atom stereocenters. The molecule has 1 amide bonds. The molecule has 0 fully saturated rings. The molecule has 24 heavy (non-hydrogen) atoms. The quantitative estimate of drug-likeness (QED) is 0.626. The highest BCUT2D eigenvalue weighted by atomic mass is 16.3. The first-order chi connectivity index (χ1) is 11.7. The monoisotopic (exact) mass is 322 g/mol. The molecule has 0 spiro atoms. The maximum Gasteiger partial charge on any atom is 0.220 e. The summed E-state index contributed by atoms with van der Waals surface area (Å²) >= 11 is 0. The van der Waals surface area contributed by atoms with Gasteiger partial charge in [-0.15, -0.1) is 0 Å². The number of nitrogens with one attached hydrogen (secondary N) is 2. The van der Waals surface area contributed by atoms with Crippen LogP contribution >= 0.6 is 0 Å². The summed E-state index contributed by atoms with van der Waals surface area (Å²) in [6.07, 6.45) is 3.97. The van der Waals surface area contributed by atoms with Crippen LogP contribution in [0.4, 0.5) is 0 Å². The second-order valence-corrected chi connectivity index (χ2v) is 5.97. The molecule has 3 rings (SSSR count). The lowest BCUT2D eigenvalue weighted by Gasteiger charge is -2.06. The maximum atomic E-state index is 12.0. The van der Waals surface area contributed by atoms with Crippen LogP contribution in [0.1, 0.15) is 23.1 Å². The van der Waals surface area contributed by atoms with Gasteiger partial charge >= 0.3 is 0 Å². The number of rotatable bonds is 7. The van der Waals surface area contributed by atoms with Gasteiger partial charge < -0.3 is 15.4 Å². The molecule has 3 aromatic rings. The third-order valence-corrected chi connectivity index (χ3v) is 4.20. The molecule has 0 saturated carbocycles. The van der Waals surface area contributed by atoms with Gasteiger partial charge in [0.1, 0.15) is 0 Å². The van der Waals surface area contributed by atoms with Gasteiger partial charge in [0.2, 0.25) is 5.91 Å². The summed E-state index contributed by atoms with van der Waals surface area (Å²) in [5.41, 5.74) is 4.36. The number of aryl methyl sites for hydroxylation is 1. The molecule has 0 aliphatic heterocycles. The Hall–Kier alpha value is -2.59. The molecule has 0 aliphatic carbocycles. The van der Waals surface area contributed by atoms with Crippen molar-refractivity contribution < 1.29 is 9.90 Å². The molecule has 3 N–H and O–H groups in total. The Morgan fingerprint density at radius 3 is 2.50 bits per heavy atom. The molecule has 0 aliphatic rings. The van der Waals surface area contributed by atoms with Gasteiger partial charge in [0.25, 0.3) is 0 Å². The van der Waals surface area contributed by atoms with Crippen molar-refractivity contribution in [1.82, 2.24) is 10.3 Å². The fourth-order valence-electron chi connectivity index (χ4n) is 2.76. The first kappa shape index (κ1) is 16.3. The SMILES string of the molecule is O=C(CCc1ccc2[nH]ccc2c1)NCCc1ccc(CO)cc1. The second kappa shape index (κ2) is 7.79. The van der Waals surface area contributed by atoms with Crippen molar-refractivity contribution in [3.63, 3.8) is 0 Å². The van der Waals surface area contributed by atoms with Crippen LogP contribution in [-0.4, -0.2) is 22.5 Å². The van der Waals surface area contributed by atoms with Gasteiger partial charge in [-0.2, -0.15) is 0 Å². The minimum Gasteiger partial charge on any atom is -0.392 e. The number of aromatic nitrogens is 1. The summed E-state index contributed by atoms with van der Waals surface area (Å²) in [5.74, 6) is 0.0798. The maximum absolute atomic E-state index is 12.0. The van der Waals surface area contributed by atoms with Crippen LogP contribution in [0.3, 0.4) is 0 Å². The number of aliphatic hydroxyl groups excluding tert-OH is 1. The molecule has 4 heteroatoms. The predicted molar refractivity (Wildman–Crippen MR) is 95.7 cm³/mol. The van der Waals surface area contributed by atoms with E-state index in [1.54, 1.807) is 0 Å². The summed E-state index contributed by atoms with van der Waals surface area (Å²) in [6.45, 7) is 0.694. The van der Waals surface area contributed by atoms with E-state index in [1.165, 1.54) is 10.9 Å². The van der Waals surface area contributed by atoms with Crippen molar-refractivity contribution >= 4 is 16.8 Å². The van der Waals surface area contributed by atoms with Crippen molar-refractivity contribution in [3.8, 4) is 0 Å². The van der Waals surface area contributed by atoms with Crippen molar-refractivity contribution in [3.05, 3.63) is 71.4 Å². The molecule has 0 radical (unpaired) electrons. The smallest absolute Gasteiger partial charge is 0.220 e. The number of aromatic amines is 1. The van der Waals surface area contributed by atoms with E-state index in [0.29, 0.717) is 13.0 Å². The summed E-state index contributed by atoms with van der Waals surface area (Å²) in [4.78, 5) is 15.1. The van der Waals surface area contributed by atoms with E-state index in [2.05, 4.69) is 28.5 Å². The van der Waals surface area contributed by atoms with Crippen molar-refractivity contribution in [1.29, 1.82) is 0 Å². The van der Waals surface area contributed by atoms with Crippen LogP contribution in [0.2, 0.25) is 0 Å². The van der Waals surface area contributed by atoms with Gasteiger partial charge in [0.05, 0.1) is 6.61 Å². The Kier molecular flexibility index (Phi) is 5.29. The van der Waals surface area contributed by atoms with Gasteiger partial charge in [0.15, 0.2) is 0 Å². The first-order valence-corrected chi connectivity index (χ1v) is 8.26. The predicted octanol–water partition coefficient (Wildman–Crippen LogP) is 2.95. The molecule has 1 heterocycles. The van der Waals surface area contributed by atoms with Gasteiger partial charge in [0, 0.05) is 24.7 Å². The van der Waals surface area contributed by atoms with Crippen LogP contribution in [0.5, 0.6) is 0 Å². The summed E-state index contributed by atoms with van der Waals surface area (Å²) in [7, 11) is 0. The largest absolute Gasteiger partial charge is 0.392 e. The summed E-state index contributed by atoms with van der Waals surface area (Å²) in [6, 6.07) is 16.1. The van der Waals surface area contributed by atoms with Gasteiger partial charge in [-0.1, -0.05) is 30.3 Å². The molecule has 0 saturated heterocycles. The van der Waals surface area contributed by atoms with Gasteiger partial charge in [-0.25, -0.2) is 0 Å². The normalized spacial score (nSPS) is 10.9. The minimum absolute atomic E-state index is 0.0611. The van der Waals surface area contributed by atoms with E-state index in [-0.39, 0.29) is 12.5 Å². The fraction of sp³-hybridized carbons (Fsp3) is 0.250. The lowest BCUT2D eigenvalue weighted by atomic mass is 10.1. The standard InChI is InChI=1S/C20H22N2O2/c23-14-17-3-1-15(2-4-17)9-11-22-20(24)8-6-16-5-7-19-18(13-16)10-12-21-19/h1-5,7,10,12-13,21,23H,6,8-9,11,14H2,(H,22,24). The Labute approximate surface area is 141 Å². The number of hydrogen-bond acceptors (Lipinski definition) is 2. The van der Waals surface area contributed by atoms with Crippen LogP contribution in [0.25, 0.3) is 10.9 Å². The molecule has 2 aromatic carbocycles. The average molecular weight is 322 g/mol. The zero-order chi connectivity index (χ0) is 16.8. The Bertz CT molecular complexity index is 806. The summed E-state index contributed by atoms with van der Waals surface area (Å²) < 4.78 is 0.